The van der Waals surface area contributed by atoms with Gasteiger partial charge in [0.25, 0.3) is 5.91 Å². The van der Waals surface area contributed by atoms with Crippen molar-refractivity contribution in [2.45, 2.75) is 32.9 Å². The monoisotopic (exact) mass is 534 g/mol. The second-order valence-electron chi connectivity index (χ2n) is 6.59. The average molecular weight is 537 g/mol. The number of hydrogen-bond acceptors (Lipinski definition) is 3. The van der Waals surface area contributed by atoms with Crippen LogP contribution in [0.2, 0.25) is 15.1 Å². The summed E-state index contributed by atoms with van der Waals surface area (Å²) in [6, 6.07) is 9.31. The predicted molar refractivity (Wildman–Crippen MR) is 124 cm³/mol. The minimum Gasteiger partial charge on any atom is -0.483 e. The van der Waals surface area contributed by atoms with Gasteiger partial charge in [-0.2, -0.15) is 0 Å². The number of nitrogens with zero attached hydrogens (tertiary/aromatic N) is 1. The highest BCUT2D eigenvalue weighted by molar-refractivity contribution is 9.10. The maximum Gasteiger partial charge on any atom is 0.261 e. The maximum atomic E-state index is 13.0. The summed E-state index contributed by atoms with van der Waals surface area (Å²) in [5.74, 6) is -0.134. The summed E-state index contributed by atoms with van der Waals surface area (Å²) < 4.78 is 6.28. The van der Waals surface area contributed by atoms with Crippen molar-refractivity contribution in [2.24, 2.45) is 0 Å². The number of amides is 2. The molecule has 2 rings (SSSR count). The largest absolute Gasteiger partial charge is 0.483 e. The second-order valence-corrected chi connectivity index (χ2v) is 8.72. The molecule has 0 bridgehead atoms. The molecular weight excluding hydrogens is 515 g/mol. The van der Waals surface area contributed by atoms with Crippen molar-refractivity contribution in [3.8, 4) is 5.75 Å². The molecule has 5 nitrogen and oxygen atoms in total. The molecule has 30 heavy (non-hydrogen) atoms. The summed E-state index contributed by atoms with van der Waals surface area (Å²) in [7, 11) is 0. The van der Waals surface area contributed by atoms with Crippen molar-refractivity contribution in [3.63, 3.8) is 0 Å². The van der Waals surface area contributed by atoms with E-state index >= 15 is 0 Å². The SMILES string of the molecule is CCCNC(=O)C(C)N(Cc1ccc(Cl)cc1Cl)C(=O)COc1ccc(Cl)cc1Br. The lowest BCUT2D eigenvalue weighted by molar-refractivity contribution is -0.142. The van der Waals surface area contributed by atoms with E-state index in [2.05, 4.69) is 21.2 Å². The summed E-state index contributed by atoms with van der Waals surface area (Å²) >= 11 is 21.5. The molecule has 0 aliphatic heterocycles. The van der Waals surface area contributed by atoms with Gasteiger partial charge in [-0.05, 0) is 65.2 Å². The summed E-state index contributed by atoms with van der Waals surface area (Å²) in [5, 5.41) is 4.27. The summed E-state index contributed by atoms with van der Waals surface area (Å²) in [5.41, 5.74) is 0.678. The van der Waals surface area contributed by atoms with Crippen molar-refractivity contribution in [2.75, 3.05) is 13.2 Å². The van der Waals surface area contributed by atoms with Gasteiger partial charge in [-0.3, -0.25) is 9.59 Å². The van der Waals surface area contributed by atoms with Gasteiger partial charge >= 0.3 is 0 Å². The van der Waals surface area contributed by atoms with Crippen molar-refractivity contribution < 1.29 is 14.3 Å². The van der Waals surface area contributed by atoms with Gasteiger partial charge in [0.1, 0.15) is 11.8 Å². The number of rotatable bonds is 9. The molecule has 1 atom stereocenters. The first-order valence-corrected chi connectivity index (χ1v) is 11.2. The number of benzene rings is 2. The summed E-state index contributed by atoms with van der Waals surface area (Å²) in [4.78, 5) is 27.0. The Morgan fingerprint density at radius 2 is 1.80 bits per heavy atom. The van der Waals surface area contributed by atoms with Gasteiger partial charge in [-0.1, -0.05) is 47.8 Å². The first-order chi connectivity index (χ1) is 14.2. The third-order valence-corrected chi connectivity index (χ3v) is 5.76. The number of nitrogens with one attached hydrogen (secondary N) is 1. The van der Waals surface area contributed by atoms with Crippen molar-refractivity contribution in [1.29, 1.82) is 0 Å². The Hall–Kier alpha value is -1.47. The average Bonchev–Trinajstić information content (AvgIpc) is 2.70. The molecule has 2 aromatic carbocycles. The van der Waals surface area contributed by atoms with Crippen LogP contribution in [-0.4, -0.2) is 35.9 Å². The third-order valence-electron chi connectivity index (χ3n) is 4.32. The number of carbonyl (C=O) groups is 2. The van der Waals surface area contributed by atoms with Crippen LogP contribution in [0.4, 0.5) is 0 Å². The Morgan fingerprint density at radius 1 is 1.13 bits per heavy atom. The Labute approximate surface area is 199 Å². The molecule has 1 unspecified atom stereocenters. The molecule has 0 heterocycles. The molecule has 0 spiro atoms. The Balaban J connectivity index is 2.19. The molecule has 0 radical (unpaired) electrons. The van der Waals surface area contributed by atoms with Crippen LogP contribution < -0.4 is 10.1 Å². The van der Waals surface area contributed by atoms with Gasteiger partial charge in [0, 0.05) is 28.2 Å². The summed E-state index contributed by atoms with van der Waals surface area (Å²) in [6.45, 7) is 4.04. The minimum absolute atomic E-state index is 0.140. The van der Waals surface area contributed by atoms with Gasteiger partial charge in [-0.25, -0.2) is 0 Å². The molecule has 162 valence electrons. The highest BCUT2D eigenvalue weighted by Crippen LogP contribution is 2.28. The predicted octanol–water partition coefficient (Wildman–Crippen LogP) is 5.73. The number of carbonyl (C=O) groups excluding carboxylic acids is 2. The molecule has 0 aliphatic carbocycles. The van der Waals surface area contributed by atoms with Crippen LogP contribution in [0.15, 0.2) is 40.9 Å². The van der Waals surface area contributed by atoms with E-state index in [4.69, 9.17) is 39.5 Å². The van der Waals surface area contributed by atoms with Crippen LogP contribution in [0.1, 0.15) is 25.8 Å². The highest BCUT2D eigenvalue weighted by atomic mass is 79.9. The molecule has 2 aromatic rings. The van der Waals surface area contributed by atoms with Crippen LogP contribution >= 0.6 is 50.7 Å². The van der Waals surface area contributed by atoms with Crippen LogP contribution in [0.5, 0.6) is 5.75 Å². The molecule has 9 heteroatoms. The van der Waals surface area contributed by atoms with Gasteiger partial charge < -0.3 is 15.0 Å². The van der Waals surface area contributed by atoms with Crippen LogP contribution in [0.3, 0.4) is 0 Å². The Bertz CT molecular complexity index is 911. The van der Waals surface area contributed by atoms with Gasteiger partial charge in [-0.15, -0.1) is 0 Å². The van der Waals surface area contributed by atoms with E-state index in [0.717, 1.165) is 6.42 Å². The normalized spacial score (nSPS) is 11.7. The molecule has 0 aromatic heterocycles. The van der Waals surface area contributed by atoms with Crippen LogP contribution in [-0.2, 0) is 16.1 Å². The standard InChI is InChI=1S/C21H22BrCl3N2O3/c1-3-8-26-21(29)13(2)27(11-14-4-5-16(24)10-18(14)25)20(28)12-30-19-7-6-15(23)9-17(19)22/h4-7,9-10,13H,3,8,11-12H2,1-2H3,(H,26,29). The zero-order valence-corrected chi connectivity index (χ0v) is 20.4. The van der Waals surface area contributed by atoms with E-state index < -0.39 is 6.04 Å². The van der Waals surface area contributed by atoms with Gasteiger partial charge in [0.15, 0.2) is 6.61 Å². The quantitative estimate of drug-likeness (QED) is 0.445. The fourth-order valence-electron chi connectivity index (χ4n) is 2.63. The van der Waals surface area contributed by atoms with Crippen molar-refractivity contribution in [1.82, 2.24) is 10.2 Å². The molecule has 0 fully saturated rings. The molecule has 0 aliphatic rings. The number of ether oxygens (including phenoxy) is 1. The second kappa shape index (κ2) is 11.8. The van der Waals surface area contributed by atoms with Crippen molar-refractivity contribution in [3.05, 3.63) is 61.5 Å². The number of halogens is 4. The van der Waals surface area contributed by atoms with Crippen molar-refractivity contribution >= 4 is 62.5 Å². The van der Waals surface area contributed by atoms with E-state index in [1.807, 2.05) is 6.92 Å². The first-order valence-electron chi connectivity index (χ1n) is 9.31. The number of hydrogen-bond donors (Lipinski definition) is 1. The van der Waals surface area contributed by atoms with Gasteiger partial charge in [0.05, 0.1) is 4.47 Å². The lowest BCUT2D eigenvalue weighted by atomic mass is 10.1. The van der Waals surface area contributed by atoms with E-state index in [9.17, 15) is 9.59 Å². The fourth-order valence-corrected chi connectivity index (χ4v) is 3.89. The Kier molecular flexibility index (Phi) is 9.75. The minimum atomic E-state index is -0.715. The zero-order valence-electron chi connectivity index (χ0n) is 16.6. The van der Waals surface area contributed by atoms with Crippen LogP contribution in [0.25, 0.3) is 0 Å². The summed E-state index contributed by atoms with van der Waals surface area (Å²) in [6.07, 6.45) is 0.795. The van der Waals surface area contributed by atoms with E-state index in [1.165, 1.54) is 4.90 Å². The fraction of sp³-hybridized carbons (Fsp3) is 0.333. The Morgan fingerprint density at radius 3 is 2.43 bits per heavy atom. The smallest absolute Gasteiger partial charge is 0.261 e. The lowest BCUT2D eigenvalue weighted by Gasteiger charge is -2.29. The topological polar surface area (TPSA) is 58.6 Å². The first kappa shape index (κ1) is 24.8. The van der Waals surface area contributed by atoms with E-state index in [-0.39, 0.29) is 25.0 Å². The molecule has 1 N–H and O–H groups in total. The zero-order chi connectivity index (χ0) is 22.3. The maximum absolute atomic E-state index is 13.0. The molecule has 2 amide bonds. The molecule has 0 saturated heterocycles. The lowest BCUT2D eigenvalue weighted by Crippen LogP contribution is -2.49. The van der Waals surface area contributed by atoms with Gasteiger partial charge in [0.2, 0.25) is 5.91 Å². The molecule has 0 saturated carbocycles. The van der Waals surface area contributed by atoms with E-state index in [0.29, 0.717) is 37.4 Å². The highest BCUT2D eigenvalue weighted by Gasteiger charge is 2.27. The van der Waals surface area contributed by atoms with E-state index in [1.54, 1.807) is 43.3 Å². The third kappa shape index (κ3) is 7.05. The van der Waals surface area contributed by atoms with Crippen LogP contribution in [0, 0.1) is 0 Å². The molecular formula is C21H22BrCl3N2O3.